The van der Waals surface area contributed by atoms with Gasteiger partial charge in [-0.25, -0.2) is 18.0 Å². The van der Waals surface area contributed by atoms with E-state index in [2.05, 4.69) is 24.5 Å². The molecule has 1 N–H and O–H groups in total. The molecule has 9 rings (SSSR count). The summed E-state index contributed by atoms with van der Waals surface area (Å²) in [7, 11) is -6.17. The number of carbonyl (C=O) groups excluding carboxylic acids is 1. The zero-order valence-corrected chi connectivity index (χ0v) is 30.3. The molecular weight excluding hydrogens is 758 g/mol. The first-order chi connectivity index (χ1) is 26.0. The van der Waals surface area contributed by atoms with E-state index in [-0.39, 0.29) is 90.2 Å². The van der Waals surface area contributed by atoms with Crippen molar-refractivity contribution < 1.29 is 53.2 Å². The highest BCUT2D eigenvalue weighted by Gasteiger charge is 2.50. The molecule has 0 radical (unpaired) electrons. The summed E-state index contributed by atoms with van der Waals surface area (Å²) < 4.78 is 128. The van der Waals surface area contributed by atoms with Gasteiger partial charge in [-0.1, -0.05) is 6.07 Å². The zero-order chi connectivity index (χ0) is 38.9. The van der Waals surface area contributed by atoms with Crippen molar-refractivity contribution in [2.24, 2.45) is 0 Å². The molecule has 2 aromatic heterocycles. The Labute approximate surface area is 311 Å². The number of fused-ring (bicyclic) bond motifs is 7. The van der Waals surface area contributed by atoms with E-state index in [0.29, 0.717) is 32.4 Å². The Kier molecular flexibility index (Phi) is 9.17. The highest BCUT2D eigenvalue weighted by atomic mass is 32.2. The molecule has 12 nitrogen and oxygen atoms in total. The summed E-state index contributed by atoms with van der Waals surface area (Å²) in [5.41, 5.74) is -8.30. The number of pyridine rings is 1. The minimum atomic E-state index is -6.17. The Morgan fingerprint density at radius 1 is 1.09 bits per heavy atom. The van der Waals surface area contributed by atoms with Crippen LogP contribution in [0.3, 0.4) is 0 Å². The van der Waals surface area contributed by atoms with Crippen LogP contribution in [0.15, 0.2) is 30.5 Å². The van der Waals surface area contributed by atoms with Gasteiger partial charge in [-0.3, -0.25) is 9.88 Å². The van der Waals surface area contributed by atoms with Crippen molar-refractivity contribution in [1.29, 1.82) is 0 Å². The van der Waals surface area contributed by atoms with E-state index in [1.54, 1.807) is 0 Å². The molecule has 0 unspecified atom stereocenters. The van der Waals surface area contributed by atoms with Gasteiger partial charge in [0.05, 0.1) is 23.1 Å². The van der Waals surface area contributed by atoms with Gasteiger partial charge in [0, 0.05) is 37.8 Å². The number of rotatable bonds is 5. The van der Waals surface area contributed by atoms with E-state index >= 15 is 8.78 Å². The standard InChI is InChI=1S/C36H36F6N6O6S/c1-34-8-3-10-47(18-34)31-25-16-43-29(28(39)30(25)44-32(45-31)53-19-35-9-4-11-48(35)17-21(37)15-35)24-14-22(54-55(50,51)36(40,41)42)13-20-6-7-26(38)23(27(20)24)5-2-12-52-33(49)46-34/h6-7,13-14,16,21H,2-5,8-12,15,17-19H2,1H3,(H,46,49)/t21-,34-,35+/m1/s1. The van der Waals surface area contributed by atoms with Crippen molar-refractivity contribution in [3.63, 3.8) is 0 Å². The van der Waals surface area contributed by atoms with Gasteiger partial charge in [0.1, 0.15) is 41.4 Å². The number of carbonyl (C=O) groups is 1. The number of nitrogens with zero attached hydrogens (tertiary/aromatic N) is 5. The molecule has 4 aromatic rings. The first-order valence-corrected chi connectivity index (χ1v) is 19.3. The fourth-order valence-electron chi connectivity index (χ4n) is 8.52. The number of alkyl carbamates (subject to hydrolysis) is 1. The third-order valence-electron chi connectivity index (χ3n) is 11.0. The fourth-order valence-corrected chi connectivity index (χ4v) is 8.97. The lowest BCUT2D eigenvalue weighted by Gasteiger charge is -2.41. The highest BCUT2D eigenvalue weighted by molar-refractivity contribution is 7.88. The number of nitrogens with one attached hydrogen (secondary N) is 1. The summed E-state index contributed by atoms with van der Waals surface area (Å²) in [6.45, 7) is 3.31. The van der Waals surface area contributed by atoms with Gasteiger partial charge >= 0.3 is 27.7 Å². The molecule has 3 atom stereocenters. The number of ether oxygens (including phenoxy) is 2. The van der Waals surface area contributed by atoms with Gasteiger partial charge in [0.2, 0.25) is 0 Å². The molecule has 6 bridgehead atoms. The fraction of sp³-hybridized carbons (Fsp3) is 0.500. The van der Waals surface area contributed by atoms with Crippen LogP contribution in [-0.4, -0.2) is 96.5 Å². The van der Waals surface area contributed by atoms with Gasteiger partial charge in [-0.15, -0.1) is 0 Å². The van der Waals surface area contributed by atoms with Crippen LogP contribution in [0.25, 0.3) is 32.9 Å². The first kappa shape index (κ1) is 37.3. The minimum absolute atomic E-state index is 0.0107. The molecule has 3 fully saturated rings. The Bertz CT molecular complexity index is 2320. The van der Waals surface area contributed by atoms with Crippen LogP contribution in [0, 0.1) is 11.6 Å². The van der Waals surface area contributed by atoms with E-state index in [0.717, 1.165) is 24.6 Å². The van der Waals surface area contributed by atoms with Gasteiger partial charge in [0.15, 0.2) is 5.82 Å². The maximum absolute atomic E-state index is 17.2. The molecule has 0 spiro atoms. The van der Waals surface area contributed by atoms with Crippen LogP contribution >= 0.6 is 0 Å². The smallest absolute Gasteiger partial charge is 0.461 e. The predicted molar refractivity (Wildman–Crippen MR) is 187 cm³/mol. The number of amides is 1. The van der Waals surface area contributed by atoms with Crippen molar-refractivity contribution in [2.75, 3.05) is 44.3 Å². The van der Waals surface area contributed by atoms with Gasteiger partial charge in [-0.2, -0.15) is 31.6 Å². The minimum Gasteiger partial charge on any atom is -0.461 e. The summed E-state index contributed by atoms with van der Waals surface area (Å²) in [6.07, 6.45) is 2.46. The monoisotopic (exact) mass is 794 g/mol. The second kappa shape index (κ2) is 13.5. The molecule has 0 aliphatic carbocycles. The molecule has 5 aliphatic heterocycles. The van der Waals surface area contributed by atoms with Crippen LogP contribution in [0.5, 0.6) is 11.8 Å². The molecule has 5 aliphatic rings. The third kappa shape index (κ3) is 6.82. The number of aryl methyl sites for hydroxylation is 1. The van der Waals surface area contributed by atoms with Gasteiger partial charge in [0.25, 0.3) is 0 Å². The quantitative estimate of drug-likeness (QED) is 0.138. The summed E-state index contributed by atoms with van der Waals surface area (Å²) in [5.74, 6) is -2.45. The topological polar surface area (TPSA) is 136 Å². The molecule has 0 saturated carbocycles. The maximum atomic E-state index is 17.2. The zero-order valence-electron chi connectivity index (χ0n) is 29.5. The van der Waals surface area contributed by atoms with Crippen LogP contribution in [0.4, 0.5) is 37.0 Å². The average Bonchev–Trinajstić information content (AvgIpc) is 3.64. The van der Waals surface area contributed by atoms with Crippen molar-refractivity contribution in [3.8, 4) is 23.0 Å². The molecular formula is C36H36F6N6O6S. The molecule has 2 aromatic carbocycles. The second-order valence-corrected chi connectivity index (χ2v) is 16.4. The molecule has 55 heavy (non-hydrogen) atoms. The van der Waals surface area contributed by atoms with Crippen molar-refractivity contribution in [3.05, 3.63) is 47.7 Å². The molecule has 7 heterocycles. The number of benzene rings is 2. The Morgan fingerprint density at radius 2 is 1.89 bits per heavy atom. The number of hydrogen-bond donors (Lipinski definition) is 1. The van der Waals surface area contributed by atoms with Crippen LogP contribution in [0.1, 0.15) is 51.0 Å². The summed E-state index contributed by atoms with van der Waals surface area (Å²) in [4.78, 5) is 30.4. The van der Waals surface area contributed by atoms with E-state index in [4.69, 9.17) is 9.47 Å². The molecule has 1 amide bonds. The van der Waals surface area contributed by atoms with E-state index in [1.165, 1.54) is 12.3 Å². The summed E-state index contributed by atoms with van der Waals surface area (Å²) in [6, 6.07) is 3.80. The maximum Gasteiger partial charge on any atom is 0.534 e. The van der Waals surface area contributed by atoms with Crippen LogP contribution < -0.4 is 19.1 Å². The van der Waals surface area contributed by atoms with Crippen LogP contribution in [0.2, 0.25) is 0 Å². The van der Waals surface area contributed by atoms with Crippen molar-refractivity contribution in [1.82, 2.24) is 25.2 Å². The Hall–Kier alpha value is -4.65. The van der Waals surface area contributed by atoms with Crippen molar-refractivity contribution >= 4 is 43.7 Å². The first-order valence-electron chi connectivity index (χ1n) is 17.9. The SMILES string of the molecule is C[C@@]12CCCN(C1)c1nc(OC[C@@]34CCCN3C[C@H](F)C4)nc3c(F)c(ncc13)-c1cc(OS(=O)(=O)C(F)(F)F)cc3ccc(F)c(c13)CCCOC(=O)N2. The average molecular weight is 795 g/mol. The van der Waals surface area contributed by atoms with Crippen LogP contribution in [-0.2, 0) is 21.3 Å². The summed E-state index contributed by atoms with van der Waals surface area (Å²) in [5, 5.41) is 3.07. The molecule has 19 heteroatoms. The molecule has 3 saturated heterocycles. The number of halogens is 6. The van der Waals surface area contributed by atoms with E-state index in [1.807, 2.05) is 16.7 Å². The van der Waals surface area contributed by atoms with Gasteiger partial charge in [-0.05, 0) is 86.5 Å². The lowest BCUT2D eigenvalue weighted by molar-refractivity contribution is -0.0500. The lowest BCUT2D eigenvalue weighted by atomic mass is 9.91. The predicted octanol–water partition coefficient (Wildman–Crippen LogP) is 6.34. The lowest BCUT2D eigenvalue weighted by Crippen LogP contribution is -2.57. The highest BCUT2D eigenvalue weighted by Crippen LogP contribution is 2.43. The number of aromatic nitrogens is 3. The number of hydrogen-bond acceptors (Lipinski definition) is 11. The molecule has 294 valence electrons. The normalized spacial score (nSPS) is 24.9. The summed E-state index contributed by atoms with van der Waals surface area (Å²) >= 11 is 0. The number of anilines is 1. The number of piperidine rings is 1. The van der Waals surface area contributed by atoms with Crippen molar-refractivity contribution in [2.45, 2.75) is 74.6 Å². The van der Waals surface area contributed by atoms with Gasteiger partial charge < -0.3 is 23.9 Å². The Balaban J connectivity index is 1.34. The second-order valence-electron chi connectivity index (χ2n) is 14.9. The number of alkyl halides is 4. The van der Waals surface area contributed by atoms with E-state index < -0.39 is 62.0 Å². The Morgan fingerprint density at radius 3 is 2.69 bits per heavy atom. The largest absolute Gasteiger partial charge is 0.534 e. The van der Waals surface area contributed by atoms with E-state index in [9.17, 15) is 30.8 Å². The third-order valence-corrected chi connectivity index (χ3v) is 11.9.